The first-order valence-electron chi connectivity index (χ1n) is 11.3. The van der Waals surface area contributed by atoms with E-state index in [2.05, 4.69) is 137 Å². The van der Waals surface area contributed by atoms with Gasteiger partial charge in [-0.1, -0.05) is 96.9 Å². The average Bonchev–Trinajstić information content (AvgIpc) is 3.48. The van der Waals surface area contributed by atoms with Crippen LogP contribution in [0.25, 0.3) is 12.2 Å². The summed E-state index contributed by atoms with van der Waals surface area (Å²) in [7, 11) is 0. The molecule has 0 nitrogen and oxygen atoms in total. The normalized spacial score (nSPS) is 15.5. The SMILES string of the molecule is Cc1cc(/C=C/C2C=CC=C2)c(C)cc1C#Cc1cc(C)c(/C=C/C2C=CC=C2)cc1C. The van der Waals surface area contributed by atoms with Crippen LogP contribution in [0.3, 0.4) is 0 Å². The van der Waals surface area contributed by atoms with Gasteiger partial charge in [-0.15, -0.1) is 0 Å². The van der Waals surface area contributed by atoms with E-state index in [4.69, 9.17) is 0 Å². The van der Waals surface area contributed by atoms with E-state index in [0.717, 1.165) is 11.1 Å². The highest BCUT2D eigenvalue weighted by Gasteiger charge is 2.05. The standard InChI is InChI=1S/C32H30/c1-23-21-31(25(3)19-29(23)15-13-27-9-5-6-10-27)17-18-32-22-24(2)30(20-26(32)4)16-14-28-11-7-8-12-28/h5-16,19-22,27-28H,1-4H3/b15-13+,16-14+. The number of allylic oxidation sites excluding steroid dienone is 10. The summed E-state index contributed by atoms with van der Waals surface area (Å²) in [5, 5.41) is 0. The quantitative estimate of drug-likeness (QED) is 0.447. The van der Waals surface area contributed by atoms with Crippen LogP contribution in [0.2, 0.25) is 0 Å². The largest absolute Gasteiger partial charge is 0.0738 e. The van der Waals surface area contributed by atoms with Crippen LogP contribution in [-0.2, 0) is 0 Å². The molecule has 0 saturated carbocycles. The molecule has 0 aliphatic heterocycles. The molecule has 0 amide bonds. The summed E-state index contributed by atoms with van der Waals surface area (Å²) < 4.78 is 0. The predicted molar refractivity (Wildman–Crippen MR) is 139 cm³/mol. The third-order valence-corrected chi connectivity index (χ3v) is 6.11. The van der Waals surface area contributed by atoms with E-state index in [9.17, 15) is 0 Å². The number of aryl methyl sites for hydroxylation is 4. The van der Waals surface area contributed by atoms with Crippen molar-refractivity contribution in [1.82, 2.24) is 0 Å². The van der Waals surface area contributed by atoms with Crippen LogP contribution in [0.5, 0.6) is 0 Å². The number of rotatable bonds is 4. The molecule has 0 heteroatoms. The Morgan fingerprint density at radius 2 is 0.906 bits per heavy atom. The highest BCUT2D eigenvalue weighted by molar-refractivity contribution is 5.62. The molecule has 0 radical (unpaired) electrons. The van der Waals surface area contributed by atoms with Crippen molar-refractivity contribution >= 4 is 12.2 Å². The second kappa shape index (κ2) is 9.71. The Morgan fingerprint density at radius 1 is 0.531 bits per heavy atom. The maximum atomic E-state index is 3.43. The lowest BCUT2D eigenvalue weighted by Gasteiger charge is -2.08. The fourth-order valence-electron chi connectivity index (χ4n) is 4.02. The monoisotopic (exact) mass is 414 g/mol. The van der Waals surface area contributed by atoms with Crippen LogP contribution < -0.4 is 0 Å². The highest BCUT2D eigenvalue weighted by atomic mass is 14.1. The summed E-state index contributed by atoms with van der Waals surface area (Å²) in [5.41, 5.74) is 9.66. The molecular weight excluding hydrogens is 384 g/mol. The molecule has 0 N–H and O–H groups in total. The van der Waals surface area contributed by atoms with E-state index >= 15 is 0 Å². The lowest BCUT2D eigenvalue weighted by Crippen LogP contribution is -1.92. The Hall–Kier alpha value is -3.56. The first-order valence-corrected chi connectivity index (χ1v) is 11.3. The molecule has 0 saturated heterocycles. The summed E-state index contributed by atoms with van der Waals surface area (Å²) in [5.74, 6) is 7.67. The van der Waals surface area contributed by atoms with Crippen molar-refractivity contribution < 1.29 is 0 Å². The fourth-order valence-corrected chi connectivity index (χ4v) is 4.02. The number of hydrogen-bond acceptors (Lipinski definition) is 0. The lowest BCUT2D eigenvalue weighted by atomic mass is 9.97. The van der Waals surface area contributed by atoms with Gasteiger partial charge in [0.05, 0.1) is 0 Å². The smallest absolute Gasteiger partial charge is 0.0281 e. The van der Waals surface area contributed by atoms with Gasteiger partial charge in [-0.05, 0) is 73.2 Å². The molecular formula is C32H30. The van der Waals surface area contributed by atoms with E-state index in [1.54, 1.807) is 0 Å². The van der Waals surface area contributed by atoms with Crippen LogP contribution in [0.1, 0.15) is 44.5 Å². The van der Waals surface area contributed by atoms with Crippen LogP contribution in [-0.4, -0.2) is 0 Å². The topological polar surface area (TPSA) is 0 Å². The van der Waals surface area contributed by atoms with Crippen molar-refractivity contribution in [1.29, 1.82) is 0 Å². The van der Waals surface area contributed by atoms with Crippen LogP contribution in [0.4, 0.5) is 0 Å². The molecule has 0 atom stereocenters. The van der Waals surface area contributed by atoms with Gasteiger partial charge in [0.15, 0.2) is 0 Å². The molecule has 0 heterocycles. The molecule has 4 rings (SSSR count). The summed E-state index contributed by atoms with van der Waals surface area (Å²) in [6, 6.07) is 8.92. The molecule has 32 heavy (non-hydrogen) atoms. The Bertz CT molecular complexity index is 1140. The van der Waals surface area contributed by atoms with Gasteiger partial charge < -0.3 is 0 Å². The summed E-state index contributed by atoms with van der Waals surface area (Å²) in [6.07, 6.45) is 26.1. The zero-order valence-electron chi connectivity index (χ0n) is 19.4. The minimum atomic E-state index is 0.407. The van der Waals surface area contributed by atoms with Gasteiger partial charge in [-0.2, -0.15) is 0 Å². The third-order valence-electron chi connectivity index (χ3n) is 6.11. The summed E-state index contributed by atoms with van der Waals surface area (Å²) in [6.45, 7) is 8.62. The van der Waals surface area contributed by atoms with E-state index in [1.807, 2.05) is 0 Å². The zero-order valence-corrected chi connectivity index (χ0v) is 19.4. The zero-order chi connectivity index (χ0) is 22.5. The maximum absolute atomic E-state index is 3.43. The Morgan fingerprint density at radius 3 is 1.28 bits per heavy atom. The van der Waals surface area contributed by atoms with Crippen LogP contribution in [0.15, 0.2) is 85.0 Å². The molecule has 0 bridgehead atoms. The molecule has 0 fully saturated rings. The van der Waals surface area contributed by atoms with Gasteiger partial charge >= 0.3 is 0 Å². The highest BCUT2D eigenvalue weighted by Crippen LogP contribution is 2.21. The van der Waals surface area contributed by atoms with Gasteiger partial charge in [0.1, 0.15) is 0 Å². The van der Waals surface area contributed by atoms with Gasteiger partial charge in [0.2, 0.25) is 0 Å². The Balaban J connectivity index is 1.54. The van der Waals surface area contributed by atoms with Gasteiger partial charge in [0, 0.05) is 23.0 Å². The van der Waals surface area contributed by atoms with Crippen LogP contribution in [0, 0.1) is 51.4 Å². The van der Waals surface area contributed by atoms with E-state index < -0.39 is 0 Å². The van der Waals surface area contributed by atoms with Gasteiger partial charge in [0.25, 0.3) is 0 Å². The second-order valence-electron chi connectivity index (χ2n) is 8.71. The van der Waals surface area contributed by atoms with Crippen molar-refractivity contribution in [2.75, 3.05) is 0 Å². The Kier molecular flexibility index (Phi) is 6.58. The maximum Gasteiger partial charge on any atom is 0.0281 e. The van der Waals surface area contributed by atoms with E-state index in [-0.39, 0.29) is 0 Å². The van der Waals surface area contributed by atoms with Gasteiger partial charge in [-0.3, -0.25) is 0 Å². The lowest BCUT2D eigenvalue weighted by molar-refractivity contribution is 1.10. The molecule has 158 valence electrons. The molecule has 2 aromatic carbocycles. The van der Waals surface area contributed by atoms with Crippen molar-refractivity contribution in [3.05, 3.63) is 130 Å². The van der Waals surface area contributed by atoms with Crippen molar-refractivity contribution in [2.24, 2.45) is 11.8 Å². The third kappa shape index (κ3) is 5.19. The van der Waals surface area contributed by atoms with Crippen molar-refractivity contribution in [3.8, 4) is 11.8 Å². The molecule has 0 spiro atoms. The molecule has 0 unspecified atom stereocenters. The van der Waals surface area contributed by atoms with Crippen molar-refractivity contribution in [2.45, 2.75) is 27.7 Å². The molecule has 0 aromatic heterocycles. The van der Waals surface area contributed by atoms with E-state index in [1.165, 1.54) is 33.4 Å². The minimum absolute atomic E-state index is 0.407. The van der Waals surface area contributed by atoms with E-state index in [0.29, 0.717) is 11.8 Å². The number of benzene rings is 2. The van der Waals surface area contributed by atoms with Crippen molar-refractivity contribution in [3.63, 3.8) is 0 Å². The predicted octanol–water partition coefficient (Wildman–Crippen LogP) is 7.83. The summed E-state index contributed by atoms with van der Waals surface area (Å²) >= 11 is 0. The average molecular weight is 415 g/mol. The molecule has 2 aliphatic rings. The minimum Gasteiger partial charge on any atom is -0.0738 e. The van der Waals surface area contributed by atoms with Crippen LogP contribution >= 0.6 is 0 Å². The second-order valence-corrected chi connectivity index (χ2v) is 8.71. The van der Waals surface area contributed by atoms with Gasteiger partial charge in [-0.25, -0.2) is 0 Å². The summed E-state index contributed by atoms with van der Waals surface area (Å²) in [4.78, 5) is 0. The fraction of sp³-hybridized carbons (Fsp3) is 0.188. The Labute approximate surface area is 193 Å². The number of hydrogen-bond donors (Lipinski definition) is 0. The first kappa shape index (κ1) is 21.7. The molecule has 2 aromatic rings. The first-order chi connectivity index (χ1) is 15.5. The molecule has 2 aliphatic carbocycles.